The molecular formula is C10H13BrCl2N2O2S. The predicted octanol–water partition coefficient (Wildman–Crippen LogP) is 2.25. The van der Waals surface area contributed by atoms with Crippen molar-refractivity contribution in [3.63, 3.8) is 0 Å². The maximum Gasteiger partial charge on any atom is 0.244 e. The van der Waals surface area contributed by atoms with Gasteiger partial charge in [0, 0.05) is 23.6 Å². The van der Waals surface area contributed by atoms with Crippen LogP contribution in [0.1, 0.15) is 6.42 Å². The third-order valence-corrected chi connectivity index (χ3v) is 5.54. The van der Waals surface area contributed by atoms with Crippen molar-refractivity contribution < 1.29 is 8.42 Å². The van der Waals surface area contributed by atoms with Crippen molar-refractivity contribution in [2.24, 2.45) is 5.73 Å². The number of halogens is 3. The topological polar surface area (TPSA) is 63.4 Å². The Balaban J connectivity index is 0.00000162. The quantitative estimate of drug-likeness (QED) is 0.862. The van der Waals surface area contributed by atoms with Gasteiger partial charge in [0.25, 0.3) is 0 Å². The summed E-state index contributed by atoms with van der Waals surface area (Å²) in [6, 6.07) is 4.66. The zero-order valence-electron chi connectivity index (χ0n) is 9.34. The van der Waals surface area contributed by atoms with Crippen molar-refractivity contribution in [2.45, 2.75) is 17.4 Å². The lowest BCUT2D eigenvalue weighted by molar-refractivity contribution is 0.472. The Labute approximate surface area is 126 Å². The molecule has 2 rings (SSSR count). The van der Waals surface area contributed by atoms with Gasteiger partial charge in [-0.15, -0.1) is 12.4 Å². The molecule has 1 fully saturated rings. The van der Waals surface area contributed by atoms with Gasteiger partial charge in [-0.1, -0.05) is 27.5 Å². The van der Waals surface area contributed by atoms with E-state index in [1.165, 1.54) is 10.4 Å². The van der Waals surface area contributed by atoms with Crippen molar-refractivity contribution in [1.82, 2.24) is 4.31 Å². The maximum absolute atomic E-state index is 12.3. The molecule has 2 N–H and O–H groups in total. The van der Waals surface area contributed by atoms with Crippen LogP contribution in [0.15, 0.2) is 27.6 Å². The van der Waals surface area contributed by atoms with Crippen molar-refractivity contribution in [1.29, 1.82) is 0 Å². The highest BCUT2D eigenvalue weighted by atomic mass is 79.9. The molecule has 1 aromatic rings. The molecule has 0 bridgehead atoms. The van der Waals surface area contributed by atoms with E-state index in [-0.39, 0.29) is 28.4 Å². The summed E-state index contributed by atoms with van der Waals surface area (Å²) in [6.45, 7) is 0.810. The Hall–Kier alpha value is 0.150. The zero-order valence-corrected chi connectivity index (χ0v) is 13.3. The second kappa shape index (κ2) is 6.07. The molecule has 1 aliphatic heterocycles. The van der Waals surface area contributed by atoms with E-state index in [1.807, 2.05) is 0 Å². The first-order valence-corrected chi connectivity index (χ1v) is 7.73. The molecule has 8 heteroatoms. The van der Waals surface area contributed by atoms with Gasteiger partial charge in [0.2, 0.25) is 10.0 Å². The average molecular weight is 376 g/mol. The van der Waals surface area contributed by atoms with Gasteiger partial charge in [0.1, 0.15) is 4.90 Å². The highest BCUT2D eigenvalue weighted by Crippen LogP contribution is 2.29. The molecule has 1 aromatic carbocycles. The van der Waals surface area contributed by atoms with E-state index in [2.05, 4.69) is 15.9 Å². The Morgan fingerprint density at radius 1 is 1.44 bits per heavy atom. The van der Waals surface area contributed by atoms with Crippen molar-refractivity contribution >= 4 is 50.0 Å². The largest absolute Gasteiger partial charge is 0.326 e. The zero-order chi connectivity index (χ0) is 12.6. The highest BCUT2D eigenvalue weighted by molar-refractivity contribution is 9.10. The first-order valence-electron chi connectivity index (χ1n) is 5.12. The first kappa shape index (κ1) is 16.2. The summed E-state index contributed by atoms with van der Waals surface area (Å²) in [7, 11) is -3.52. The van der Waals surface area contributed by atoms with Gasteiger partial charge in [0.05, 0.1) is 5.02 Å². The molecule has 1 heterocycles. The van der Waals surface area contributed by atoms with Crippen LogP contribution in [-0.2, 0) is 10.0 Å². The van der Waals surface area contributed by atoms with Gasteiger partial charge in [-0.25, -0.2) is 8.42 Å². The molecule has 1 aliphatic rings. The highest BCUT2D eigenvalue weighted by Gasteiger charge is 2.32. The molecule has 0 amide bonds. The van der Waals surface area contributed by atoms with Gasteiger partial charge >= 0.3 is 0 Å². The van der Waals surface area contributed by atoms with E-state index < -0.39 is 10.0 Å². The van der Waals surface area contributed by atoms with Crippen LogP contribution in [0, 0.1) is 0 Å². The Bertz CT molecular complexity index is 539. The fourth-order valence-corrected chi connectivity index (χ4v) is 4.32. The third-order valence-electron chi connectivity index (χ3n) is 2.70. The summed E-state index contributed by atoms with van der Waals surface area (Å²) in [5.74, 6) is 0. The summed E-state index contributed by atoms with van der Waals surface area (Å²) in [5.41, 5.74) is 5.72. The van der Waals surface area contributed by atoms with E-state index in [1.54, 1.807) is 12.1 Å². The Morgan fingerprint density at radius 2 is 2.11 bits per heavy atom. The molecule has 1 atom stereocenters. The summed E-state index contributed by atoms with van der Waals surface area (Å²) < 4.78 is 26.7. The molecule has 4 nitrogen and oxygen atoms in total. The second-order valence-corrected chi connectivity index (χ2v) is 7.22. The lowest BCUT2D eigenvalue weighted by Crippen LogP contribution is -2.32. The smallest absolute Gasteiger partial charge is 0.244 e. The van der Waals surface area contributed by atoms with E-state index in [0.29, 0.717) is 19.5 Å². The third kappa shape index (κ3) is 3.18. The lowest BCUT2D eigenvalue weighted by atomic mass is 10.3. The van der Waals surface area contributed by atoms with Gasteiger partial charge < -0.3 is 5.73 Å². The normalized spacial score (nSPS) is 20.7. The minimum Gasteiger partial charge on any atom is -0.326 e. The fraction of sp³-hybridized carbons (Fsp3) is 0.400. The Kier molecular flexibility index (Phi) is 5.46. The van der Waals surface area contributed by atoms with E-state index >= 15 is 0 Å². The second-order valence-electron chi connectivity index (χ2n) is 3.99. The number of benzene rings is 1. The van der Waals surface area contributed by atoms with Crippen LogP contribution in [0.3, 0.4) is 0 Å². The van der Waals surface area contributed by atoms with E-state index in [0.717, 1.165) is 4.47 Å². The summed E-state index contributed by atoms with van der Waals surface area (Å²) in [4.78, 5) is 0.136. The lowest BCUT2D eigenvalue weighted by Gasteiger charge is -2.16. The van der Waals surface area contributed by atoms with Crippen LogP contribution < -0.4 is 5.73 Å². The Morgan fingerprint density at radius 3 is 2.61 bits per heavy atom. The minimum absolute atomic E-state index is 0. The van der Waals surface area contributed by atoms with Crippen LogP contribution in [0.2, 0.25) is 5.02 Å². The van der Waals surface area contributed by atoms with Crippen molar-refractivity contribution in [3.05, 3.63) is 27.7 Å². The van der Waals surface area contributed by atoms with Gasteiger partial charge in [-0.3, -0.25) is 0 Å². The predicted molar refractivity (Wildman–Crippen MR) is 77.8 cm³/mol. The van der Waals surface area contributed by atoms with E-state index in [9.17, 15) is 8.42 Å². The molecule has 18 heavy (non-hydrogen) atoms. The average Bonchev–Trinajstić information content (AvgIpc) is 2.64. The van der Waals surface area contributed by atoms with Crippen LogP contribution in [0.5, 0.6) is 0 Å². The summed E-state index contributed by atoms with van der Waals surface area (Å²) in [5, 5.41) is 0.222. The first-order chi connectivity index (χ1) is 7.91. The number of hydrogen-bond donors (Lipinski definition) is 1. The van der Waals surface area contributed by atoms with Crippen molar-refractivity contribution in [3.8, 4) is 0 Å². The van der Waals surface area contributed by atoms with Crippen LogP contribution >= 0.6 is 39.9 Å². The maximum atomic E-state index is 12.3. The molecular weight excluding hydrogens is 363 g/mol. The number of rotatable bonds is 2. The van der Waals surface area contributed by atoms with E-state index in [4.69, 9.17) is 17.3 Å². The van der Waals surface area contributed by atoms with Crippen LogP contribution in [0.25, 0.3) is 0 Å². The molecule has 102 valence electrons. The summed E-state index contributed by atoms with van der Waals surface area (Å²) in [6.07, 6.45) is 0.688. The minimum atomic E-state index is -3.52. The standard InChI is InChI=1S/C10H12BrClN2O2S.ClH/c11-7-1-2-10(9(12)5-7)17(15,16)14-4-3-8(13)6-14;/h1-2,5,8H,3-4,6,13H2;1H/t8-;/m1./s1. The van der Waals surface area contributed by atoms with Crippen LogP contribution in [-0.4, -0.2) is 31.9 Å². The number of nitrogens with two attached hydrogens (primary N) is 1. The molecule has 0 saturated carbocycles. The monoisotopic (exact) mass is 374 g/mol. The van der Waals surface area contributed by atoms with Gasteiger partial charge in [-0.05, 0) is 24.6 Å². The number of nitrogens with zero attached hydrogens (tertiary/aromatic N) is 1. The molecule has 0 spiro atoms. The molecule has 1 saturated heterocycles. The van der Waals surface area contributed by atoms with Gasteiger partial charge in [0.15, 0.2) is 0 Å². The number of sulfonamides is 1. The fourth-order valence-electron chi connectivity index (χ4n) is 1.80. The van der Waals surface area contributed by atoms with Crippen molar-refractivity contribution in [2.75, 3.05) is 13.1 Å². The van der Waals surface area contributed by atoms with Crippen LogP contribution in [0.4, 0.5) is 0 Å². The molecule has 0 aromatic heterocycles. The molecule has 0 unspecified atom stereocenters. The summed E-state index contributed by atoms with van der Waals surface area (Å²) >= 11 is 9.20. The molecule has 0 aliphatic carbocycles. The molecule has 0 radical (unpaired) electrons. The number of hydrogen-bond acceptors (Lipinski definition) is 3. The van der Waals surface area contributed by atoms with Gasteiger partial charge in [-0.2, -0.15) is 4.31 Å². The SMILES string of the molecule is Cl.N[C@@H]1CCN(S(=O)(=O)c2ccc(Br)cc2Cl)C1.